The summed E-state index contributed by atoms with van der Waals surface area (Å²) in [7, 11) is 4.31. The Bertz CT molecular complexity index is 3620. The number of likely N-dealkylation sites (tertiary alicyclic amines) is 2. The number of nitrogens with one attached hydrogen (secondary N) is 1. The Kier molecular flexibility index (Phi) is 22.3. The summed E-state index contributed by atoms with van der Waals surface area (Å²) in [5, 5.41) is 35.2. The average molecular weight is 1150 g/mol. The van der Waals surface area contributed by atoms with Gasteiger partial charge >= 0.3 is 0 Å². The highest BCUT2D eigenvalue weighted by atomic mass is 16.5. The minimum atomic E-state index is -0.500. The molecule has 10 rings (SSSR count). The number of hydrogen-bond acceptors (Lipinski definition) is 16. The van der Waals surface area contributed by atoms with Gasteiger partial charge in [-0.25, -0.2) is 29.3 Å². The van der Waals surface area contributed by atoms with E-state index in [-0.39, 0.29) is 24.4 Å². The van der Waals surface area contributed by atoms with E-state index in [9.17, 15) is 14.9 Å². The molecule has 0 saturated carbocycles. The van der Waals surface area contributed by atoms with E-state index in [0.29, 0.717) is 83.8 Å². The number of aliphatic hydroxyl groups is 1. The molecule has 0 bridgehead atoms. The van der Waals surface area contributed by atoms with E-state index in [1.165, 1.54) is 21.5 Å². The van der Waals surface area contributed by atoms with Gasteiger partial charge in [0.05, 0.1) is 79.7 Å². The van der Waals surface area contributed by atoms with Crippen molar-refractivity contribution >= 4 is 5.90 Å². The Morgan fingerprint density at radius 3 is 1.41 bits per heavy atom. The molecular weight excluding hydrogens is 1070 g/mol. The fourth-order valence-corrected chi connectivity index (χ4v) is 9.29. The molecule has 4 aromatic heterocycles. The molecule has 8 aromatic rings. The molecule has 18 heteroatoms. The monoisotopic (exact) mass is 1150 g/mol. The average Bonchev–Trinajstić information content (AvgIpc) is 3.66. The molecule has 444 valence electrons. The zero-order valence-corrected chi connectivity index (χ0v) is 49.4. The van der Waals surface area contributed by atoms with E-state index in [2.05, 4.69) is 60.1 Å². The molecule has 18 nitrogen and oxygen atoms in total. The highest BCUT2D eigenvalue weighted by Gasteiger charge is 2.20. The first-order chi connectivity index (χ1) is 40.2. The maximum atomic E-state index is 12.7. The molecule has 0 unspecified atom stereocenters. The summed E-state index contributed by atoms with van der Waals surface area (Å²) in [5.41, 5.74) is 6.17. The fourth-order valence-electron chi connectivity index (χ4n) is 9.29. The molecule has 2 aliphatic rings. The largest absolute Gasteiger partial charge is 0.490 e. The number of ether oxygens (including phenoxy) is 3. The Morgan fingerprint density at radius 2 is 0.988 bits per heavy atom. The number of nitriles is 1. The zero-order valence-electron chi connectivity index (χ0n) is 49.4. The summed E-state index contributed by atoms with van der Waals surface area (Å²) in [6, 6.07) is 38.7. The summed E-state index contributed by atoms with van der Waals surface area (Å²) in [5.74, 6) is 3.75. The van der Waals surface area contributed by atoms with Crippen LogP contribution in [0.1, 0.15) is 96.9 Å². The third kappa shape index (κ3) is 19.9. The molecule has 2 aliphatic heterocycles. The standard InChI is InChI=1S/C33H38N6O3.C29H28N6O2.C4H10O.CH4/c1-33(2,3)42-31(34)26-9-6-8-25(18-26)29-11-12-30(40)39(37-29)21-24-7-5-10-27(17-24)32-35-19-28(20-36-32)41-22-23-13-15-38(4)16-14-23;1-34-12-10-21(11-13-34)20-37-26-17-31-29(32-18-26)25-7-3-5-23(15-25)19-35-28(36)9-8-27(33-35)24-6-2-4-22(14-24)16-30;1-4(2,3)5;/h5-12,17-20,23,34H,13-16,21-22H2,1-4H3;2-9,14-15,17-18,21H,10-13,19-20H2,1H3;5H,1-3H3;1H4. The molecule has 6 heterocycles. The van der Waals surface area contributed by atoms with Gasteiger partial charge in [0, 0.05) is 39.9 Å². The first-order valence-electron chi connectivity index (χ1n) is 28.4. The van der Waals surface area contributed by atoms with Crippen LogP contribution in [-0.4, -0.2) is 125 Å². The SMILES string of the molecule is C.CC(C)(C)O.CN1CCC(COc2cnc(-c3cccc(Cn4nc(-c5cccc(C#N)c5)ccc4=O)c3)nc2)CC1.CN1CCC(COc2cnc(-c3cccc(Cn4nc(-c5cccc(C(=N)OC(C)(C)C)c5)ccc4=O)c3)nc2)CC1. The van der Waals surface area contributed by atoms with Gasteiger partial charge in [0.2, 0.25) is 5.90 Å². The lowest BCUT2D eigenvalue weighted by Crippen LogP contribution is -2.32. The normalized spacial score (nSPS) is 14.1. The van der Waals surface area contributed by atoms with Crippen LogP contribution >= 0.6 is 0 Å². The Balaban J connectivity index is 0.000000225. The van der Waals surface area contributed by atoms with Gasteiger partial charge < -0.3 is 29.1 Å². The van der Waals surface area contributed by atoms with Crippen LogP contribution in [0, 0.1) is 28.6 Å². The second-order valence-corrected chi connectivity index (χ2v) is 23.4. The molecule has 0 atom stereocenters. The lowest BCUT2D eigenvalue weighted by Gasteiger charge is -2.28. The number of nitrogens with zero attached hydrogens (tertiary/aromatic N) is 11. The predicted molar refractivity (Wildman–Crippen MR) is 334 cm³/mol. The lowest BCUT2D eigenvalue weighted by atomic mass is 9.98. The second kappa shape index (κ2) is 29.7. The van der Waals surface area contributed by atoms with Crippen molar-refractivity contribution in [1.29, 1.82) is 10.7 Å². The minimum absolute atomic E-state index is 0. The van der Waals surface area contributed by atoms with Crippen molar-refractivity contribution in [2.24, 2.45) is 11.8 Å². The fraction of sp³-hybridized carbons (Fsp3) is 0.373. The van der Waals surface area contributed by atoms with Gasteiger partial charge in [-0.3, -0.25) is 15.0 Å². The van der Waals surface area contributed by atoms with Gasteiger partial charge in [0.25, 0.3) is 11.1 Å². The topological polar surface area (TPSA) is 223 Å². The first-order valence-corrected chi connectivity index (χ1v) is 28.4. The van der Waals surface area contributed by atoms with Crippen molar-refractivity contribution in [2.75, 3.05) is 53.5 Å². The van der Waals surface area contributed by atoms with Crippen molar-refractivity contribution in [3.63, 3.8) is 0 Å². The number of hydrogen-bond donors (Lipinski definition) is 2. The smallest absolute Gasteiger partial charge is 0.267 e. The predicted octanol–water partition coefficient (Wildman–Crippen LogP) is 10.7. The highest BCUT2D eigenvalue weighted by molar-refractivity contribution is 5.93. The first kappa shape index (κ1) is 63.8. The van der Waals surface area contributed by atoms with Crippen molar-refractivity contribution in [3.8, 4) is 62.9 Å². The van der Waals surface area contributed by atoms with Crippen molar-refractivity contribution in [3.05, 3.63) is 189 Å². The van der Waals surface area contributed by atoms with E-state index in [4.69, 9.17) is 24.7 Å². The van der Waals surface area contributed by atoms with Crippen LogP contribution in [0.15, 0.2) is 156 Å². The van der Waals surface area contributed by atoms with Crippen LogP contribution in [0.4, 0.5) is 0 Å². The number of benzene rings is 4. The van der Waals surface area contributed by atoms with Crippen LogP contribution in [-0.2, 0) is 17.8 Å². The summed E-state index contributed by atoms with van der Waals surface area (Å²) in [6.07, 6.45) is 11.5. The quantitative estimate of drug-likeness (QED) is 0.0719. The van der Waals surface area contributed by atoms with E-state index >= 15 is 0 Å². The molecule has 0 radical (unpaired) electrons. The molecule has 2 N–H and O–H groups in total. The maximum Gasteiger partial charge on any atom is 0.267 e. The third-order valence-electron chi connectivity index (χ3n) is 13.8. The highest BCUT2D eigenvalue weighted by Crippen LogP contribution is 2.25. The van der Waals surface area contributed by atoms with Gasteiger partial charge in [-0.1, -0.05) is 68.1 Å². The third-order valence-corrected chi connectivity index (χ3v) is 13.8. The van der Waals surface area contributed by atoms with Gasteiger partial charge in [-0.05, 0) is 179 Å². The summed E-state index contributed by atoms with van der Waals surface area (Å²) in [4.78, 5) is 48.0. The summed E-state index contributed by atoms with van der Waals surface area (Å²) >= 11 is 0. The Labute approximate surface area is 499 Å². The number of rotatable bonds is 15. The van der Waals surface area contributed by atoms with Crippen molar-refractivity contribution in [2.45, 2.75) is 98.9 Å². The molecule has 85 heavy (non-hydrogen) atoms. The number of aromatic nitrogens is 8. The molecule has 2 saturated heterocycles. The molecular formula is C67H80N12O6. The summed E-state index contributed by atoms with van der Waals surface area (Å²) in [6.45, 7) is 17.4. The van der Waals surface area contributed by atoms with Crippen LogP contribution in [0.25, 0.3) is 45.3 Å². The molecule has 0 aliphatic carbocycles. The molecule has 0 amide bonds. The Morgan fingerprint density at radius 1 is 0.588 bits per heavy atom. The summed E-state index contributed by atoms with van der Waals surface area (Å²) < 4.78 is 20.5. The maximum absolute atomic E-state index is 12.7. The van der Waals surface area contributed by atoms with Gasteiger partial charge in [0.1, 0.15) is 5.60 Å². The van der Waals surface area contributed by atoms with E-state index in [1.807, 2.05) is 99.6 Å². The van der Waals surface area contributed by atoms with Crippen LogP contribution < -0.4 is 20.6 Å². The van der Waals surface area contributed by atoms with Crippen molar-refractivity contribution in [1.82, 2.24) is 49.3 Å². The van der Waals surface area contributed by atoms with Crippen molar-refractivity contribution < 1.29 is 19.3 Å². The minimum Gasteiger partial charge on any atom is -0.490 e. The zero-order chi connectivity index (χ0) is 59.8. The molecule has 2 fully saturated rings. The van der Waals surface area contributed by atoms with Crippen LogP contribution in [0.2, 0.25) is 0 Å². The van der Waals surface area contributed by atoms with Crippen LogP contribution in [0.5, 0.6) is 11.5 Å². The Hall–Kier alpha value is -8.76. The van der Waals surface area contributed by atoms with Gasteiger partial charge in [0.15, 0.2) is 23.1 Å². The lowest BCUT2D eigenvalue weighted by molar-refractivity contribution is 0.102. The van der Waals surface area contributed by atoms with E-state index < -0.39 is 11.2 Å². The van der Waals surface area contributed by atoms with E-state index in [0.717, 1.165) is 85.2 Å². The van der Waals surface area contributed by atoms with E-state index in [1.54, 1.807) is 75.9 Å². The molecule has 4 aromatic carbocycles. The van der Waals surface area contributed by atoms with Gasteiger partial charge in [-0.15, -0.1) is 0 Å². The van der Waals surface area contributed by atoms with Gasteiger partial charge in [-0.2, -0.15) is 15.5 Å². The second-order valence-electron chi connectivity index (χ2n) is 23.4. The van der Waals surface area contributed by atoms with Crippen LogP contribution in [0.3, 0.4) is 0 Å². The molecule has 0 spiro atoms. The number of piperidine rings is 2.